The number of oxazole rings is 1. The van der Waals surface area contributed by atoms with E-state index in [1.54, 1.807) is 32.3 Å². The maximum absolute atomic E-state index is 12.1. The molecule has 11 nitrogen and oxygen atoms in total. The number of amides is 3. The number of H-pyrrole nitrogens is 1. The molecule has 1 aromatic carbocycles. The molecule has 0 aliphatic heterocycles. The molecule has 0 spiro atoms. The highest BCUT2D eigenvalue weighted by atomic mass is 16.4. The van der Waals surface area contributed by atoms with Gasteiger partial charge in [-0.25, -0.2) is 9.59 Å². The second-order valence-electron chi connectivity index (χ2n) is 5.33. The van der Waals surface area contributed by atoms with Crippen molar-refractivity contribution in [1.82, 2.24) is 24.9 Å². The SMILES string of the molecule is CN(C)C(=O)Nc1cnn(CC(=O)Nc2cccc3[nH]c(=O)oc23)n1. The maximum Gasteiger partial charge on any atom is 0.417 e. The minimum Gasteiger partial charge on any atom is -0.406 e. The fourth-order valence-electron chi connectivity index (χ4n) is 2.04. The molecule has 3 amide bonds. The fourth-order valence-corrected chi connectivity index (χ4v) is 2.04. The number of hydrogen-bond donors (Lipinski definition) is 3. The summed E-state index contributed by atoms with van der Waals surface area (Å²) in [6.07, 6.45) is 1.33. The van der Waals surface area contributed by atoms with Crippen molar-refractivity contribution in [1.29, 1.82) is 0 Å². The summed E-state index contributed by atoms with van der Waals surface area (Å²) in [7, 11) is 3.18. The van der Waals surface area contributed by atoms with Gasteiger partial charge in [-0.05, 0) is 12.1 Å². The summed E-state index contributed by atoms with van der Waals surface area (Å²) in [4.78, 5) is 39.9. The Morgan fingerprint density at radius 3 is 2.88 bits per heavy atom. The van der Waals surface area contributed by atoms with E-state index in [1.165, 1.54) is 11.1 Å². The molecule has 2 heterocycles. The average Bonchev–Trinajstić information content (AvgIpc) is 3.13. The molecular weight excluding hydrogens is 330 g/mol. The monoisotopic (exact) mass is 345 g/mol. The normalized spacial score (nSPS) is 10.6. The van der Waals surface area contributed by atoms with Crippen LogP contribution in [0.2, 0.25) is 0 Å². The number of carbonyl (C=O) groups is 2. The highest BCUT2D eigenvalue weighted by Gasteiger charge is 2.12. The minimum absolute atomic E-state index is 0.178. The topological polar surface area (TPSA) is 138 Å². The number of anilines is 2. The Morgan fingerprint density at radius 2 is 2.12 bits per heavy atom. The molecule has 0 aliphatic carbocycles. The van der Waals surface area contributed by atoms with Crippen molar-refractivity contribution in [3.8, 4) is 0 Å². The number of fused-ring (bicyclic) bond motifs is 1. The third-order valence-electron chi connectivity index (χ3n) is 3.18. The molecular formula is C14H15N7O4. The average molecular weight is 345 g/mol. The Kier molecular flexibility index (Phi) is 4.20. The van der Waals surface area contributed by atoms with Crippen LogP contribution in [0.1, 0.15) is 0 Å². The lowest BCUT2D eigenvalue weighted by Crippen LogP contribution is -2.27. The first-order valence-electron chi connectivity index (χ1n) is 7.22. The largest absolute Gasteiger partial charge is 0.417 e. The lowest BCUT2D eigenvalue weighted by molar-refractivity contribution is -0.117. The zero-order valence-electron chi connectivity index (χ0n) is 13.4. The molecule has 0 saturated carbocycles. The highest BCUT2D eigenvalue weighted by molar-refractivity contribution is 5.98. The molecule has 2 aromatic heterocycles. The van der Waals surface area contributed by atoms with Crippen LogP contribution in [0.4, 0.5) is 16.3 Å². The van der Waals surface area contributed by atoms with Gasteiger partial charge in [0.15, 0.2) is 11.4 Å². The third-order valence-corrected chi connectivity index (χ3v) is 3.18. The summed E-state index contributed by atoms with van der Waals surface area (Å²) in [5.41, 5.74) is 1.09. The first kappa shape index (κ1) is 16.2. The summed E-state index contributed by atoms with van der Waals surface area (Å²) in [5.74, 6) is -0.797. The predicted octanol–water partition coefficient (Wildman–Crippen LogP) is 0.445. The summed E-state index contributed by atoms with van der Waals surface area (Å²) < 4.78 is 5.00. The fraction of sp³-hybridized carbons (Fsp3) is 0.214. The first-order chi connectivity index (χ1) is 11.9. The zero-order valence-corrected chi connectivity index (χ0v) is 13.4. The van der Waals surface area contributed by atoms with Gasteiger partial charge in [-0.2, -0.15) is 9.90 Å². The van der Waals surface area contributed by atoms with Gasteiger partial charge in [-0.15, -0.1) is 5.10 Å². The van der Waals surface area contributed by atoms with Crippen molar-refractivity contribution in [2.24, 2.45) is 0 Å². The third kappa shape index (κ3) is 3.65. The van der Waals surface area contributed by atoms with Crippen molar-refractivity contribution in [3.05, 3.63) is 34.9 Å². The number of carbonyl (C=O) groups excluding carboxylic acids is 2. The number of benzene rings is 1. The molecule has 130 valence electrons. The molecule has 0 fully saturated rings. The van der Waals surface area contributed by atoms with Crippen LogP contribution in [-0.4, -0.2) is 50.9 Å². The number of hydrogen-bond acceptors (Lipinski definition) is 6. The molecule has 25 heavy (non-hydrogen) atoms. The quantitative estimate of drug-likeness (QED) is 0.627. The van der Waals surface area contributed by atoms with Crippen LogP contribution >= 0.6 is 0 Å². The van der Waals surface area contributed by atoms with Crippen LogP contribution in [0.25, 0.3) is 11.1 Å². The number of para-hydroxylation sites is 1. The van der Waals surface area contributed by atoms with E-state index in [0.29, 0.717) is 11.2 Å². The Balaban J connectivity index is 1.67. The summed E-state index contributed by atoms with van der Waals surface area (Å²) in [5, 5.41) is 13.0. The summed E-state index contributed by atoms with van der Waals surface area (Å²) in [6, 6.07) is 4.58. The summed E-state index contributed by atoms with van der Waals surface area (Å²) >= 11 is 0. The van der Waals surface area contributed by atoms with Gasteiger partial charge in [-0.1, -0.05) is 6.07 Å². The van der Waals surface area contributed by atoms with E-state index in [1.807, 2.05) is 0 Å². The van der Waals surface area contributed by atoms with Crippen LogP contribution in [0.5, 0.6) is 0 Å². The zero-order chi connectivity index (χ0) is 18.0. The number of aromatic amines is 1. The Morgan fingerprint density at radius 1 is 1.32 bits per heavy atom. The van der Waals surface area contributed by atoms with Crippen molar-refractivity contribution in [3.63, 3.8) is 0 Å². The van der Waals surface area contributed by atoms with E-state index < -0.39 is 11.7 Å². The molecule has 3 N–H and O–H groups in total. The smallest absolute Gasteiger partial charge is 0.406 e. The second kappa shape index (κ2) is 6.47. The van der Waals surface area contributed by atoms with E-state index in [9.17, 15) is 14.4 Å². The minimum atomic E-state index is -0.605. The molecule has 0 radical (unpaired) electrons. The molecule has 3 rings (SSSR count). The van der Waals surface area contributed by atoms with Crippen LogP contribution < -0.4 is 16.4 Å². The van der Waals surface area contributed by atoms with E-state index in [0.717, 1.165) is 4.80 Å². The lowest BCUT2D eigenvalue weighted by Gasteiger charge is -2.09. The van der Waals surface area contributed by atoms with Crippen molar-refractivity contribution in [2.45, 2.75) is 6.54 Å². The summed E-state index contributed by atoms with van der Waals surface area (Å²) in [6.45, 7) is -0.178. The van der Waals surface area contributed by atoms with E-state index in [2.05, 4.69) is 25.8 Å². The number of aromatic nitrogens is 4. The molecule has 3 aromatic rings. The van der Waals surface area contributed by atoms with Gasteiger partial charge in [0.25, 0.3) is 0 Å². The molecule has 0 atom stereocenters. The van der Waals surface area contributed by atoms with Gasteiger partial charge in [0.05, 0.1) is 17.4 Å². The van der Waals surface area contributed by atoms with Crippen molar-refractivity contribution in [2.75, 3.05) is 24.7 Å². The number of nitrogens with zero attached hydrogens (tertiary/aromatic N) is 4. The molecule has 0 bridgehead atoms. The maximum atomic E-state index is 12.1. The van der Waals surface area contributed by atoms with Gasteiger partial charge in [-0.3, -0.25) is 15.1 Å². The molecule has 0 aliphatic rings. The first-order valence-corrected chi connectivity index (χ1v) is 7.22. The lowest BCUT2D eigenvalue weighted by atomic mass is 10.3. The molecule has 0 saturated heterocycles. The molecule has 11 heteroatoms. The second-order valence-corrected chi connectivity index (χ2v) is 5.33. The van der Waals surface area contributed by atoms with Crippen molar-refractivity contribution >= 4 is 34.5 Å². The van der Waals surface area contributed by atoms with Crippen LogP contribution in [-0.2, 0) is 11.3 Å². The number of rotatable bonds is 4. The Labute approximate surface area is 140 Å². The van der Waals surface area contributed by atoms with Crippen LogP contribution in [0.3, 0.4) is 0 Å². The highest BCUT2D eigenvalue weighted by Crippen LogP contribution is 2.20. The number of nitrogens with one attached hydrogen (secondary N) is 3. The Hall–Kier alpha value is -3.63. The van der Waals surface area contributed by atoms with Gasteiger partial charge in [0.1, 0.15) is 6.54 Å². The van der Waals surface area contributed by atoms with Crippen molar-refractivity contribution < 1.29 is 14.0 Å². The Bertz CT molecular complexity index is 984. The molecule has 0 unspecified atom stereocenters. The number of urea groups is 1. The van der Waals surface area contributed by atoms with Gasteiger partial charge >= 0.3 is 11.8 Å². The van der Waals surface area contributed by atoms with E-state index in [4.69, 9.17) is 4.42 Å². The van der Waals surface area contributed by atoms with E-state index in [-0.39, 0.29) is 24.0 Å². The predicted molar refractivity (Wildman–Crippen MR) is 88.2 cm³/mol. The van der Waals surface area contributed by atoms with Gasteiger partial charge < -0.3 is 14.6 Å². The van der Waals surface area contributed by atoms with Gasteiger partial charge in [0.2, 0.25) is 5.91 Å². The van der Waals surface area contributed by atoms with Crippen LogP contribution in [0.15, 0.2) is 33.6 Å². The van der Waals surface area contributed by atoms with Gasteiger partial charge in [0, 0.05) is 14.1 Å². The van der Waals surface area contributed by atoms with Crippen LogP contribution in [0, 0.1) is 0 Å². The van der Waals surface area contributed by atoms with E-state index >= 15 is 0 Å². The standard InChI is InChI=1S/C14H15N7O4/c1-20(2)13(23)18-10-6-15-21(19-10)7-11(22)16-8-4-3-5-9-12(8)25-14(24)17-9/h3-6H,7H2,1-2H3,(H,16,22)(H,17,24)(H,18,19,23).